The molecule has 0 unspecified atom stereocenters. The summed E-state index contributed by atoms with van der Waals surface area (Å²) in [7, 11) is 0. The Hall–Kier alpha value is -1.58. The first-order chi connectivity index (χ1) is 6.25. The Morgan fingerprint density at radius 3 is 3.00 bits per heavy atom. The Morgan fingerprint density at radius 2 is 2.38 bits per heavy atom. The number of aryl methyl sites for hydroxylation is 1. The van der Waals surface area contributed by atoms with Crippen molar-refractivity contribution in [2.75, 3.05) is 6.61 Å². The van der Waals surface area contributed by atoms with Crippen LogP contribution in [-0.2, 0) is 4.79 Å². The van der Waals surface area contributed by atoms with E-state index in [-0.39, 0.29) is 24.2 Å². The minimum atomic E-state index is -0.227. The second-order valence-corrected chi connectivity index (χ2v) is 2.47. The molecule has 0 atom stereocenters. The maximum atomic E-state index is 11.2. The van der Waals surface area contributed by atoms with Gasteiger partial charge < -0.3 is 13.9 Å². The Labute approximate surface area is 75.1 Å². The number of aldehydes is 1. The van der Waals surface area contributed by atoms with Crippen LogP contribution in [0.4, 0.5) is 0 Å². The van der Waals surface area contributed by atoms with Crippen LogP contribution in [-0.4, -0.2) is 12.9 Å². The van der Waals surface area contributed by atoms with E-state index in [0.29, 0.717) is 5.76 Å². The van der Waals surface area contributed by atoms with Gasteiger partial charge in [0, 0.05) is 12.5 Å². The van der Waals surface area contributed by atoms with Gasteiger partial charge in [-0.1, -0.05) is 0 Å². The molecular formula is C9H10O4. The molecule has 0 aliphatic rings. The molecule has 0 aliphatic heterocycles. The second-order valence-electron chi connectivity index (χ2n) is 2.47. The van der Waals surface area contributed by atoms with Gasteiger partial charge in [-0.05, 0) is 6.92 Å². The maximum absolute atomic E-state index is 11.2. The molecule has 0 spiro atoms. The summed E-state index contributed by atoms with van der Waals surface area (Å²) in [6.07, 6.45) is 2.32. The Balaban J connectivity index is 2.75. The molecule has 0 saturated heterocycles. The normalized spacial score (nSPS) is 9.62. The van der Waals surface area contributed by atoms with Crippen molar-refractivity contribution < 1.29 is 13.9 Å². The predicted octanol–water partition coefficient (Wildman–Crippen LogP) is 0.916. The quantitative estimate of drug-likeness (QED) is 0.513. The number of hydrogen-bond donors (Lipinski definition) is 0. The third-order valence-electron chi connectivity index (χ3n) is 1.49. The molecule has 70 valence electrons. The minimum Gasteiger partial charge on any atom is -0.486 e. The van der Waals surface area contributed by atoms with Gasteiger partial charge in [-0.2, -0.15) is 0 Å². The highest BCUT2D eigenvalue weighted by Crippen LogP contribution is 2.10. The first-order valence-electron chi connectivity index (χ1n) is 3.90. The maximum Gasteiger partial charge on any atom is 0.226 e. The molecule has 0 amide bonds. The van der Waals surface area contributed by atoms with Gasteiger partial charge in [0.05, 0.1) is 12.9 Å². The highest BCUT2D eigenvalue weighted by Gasteiger charge is 2.05. The molecule has 4 heteroatoms. The van der Waals surface area contributed by atoms with Crippen molar-refractivity contribution in [2.24, 2.45) is 0 Å². The number of ether oxygens (including phenoxy) is 1. The molecule has 0 fully saturated rings. The number of carbonyl (C=O) groups excluding carboxylic acids is 1. The summed E-state index contributed by atoms with van der Waals surface area (Å²) in [6.45, 7) is 1.84. The first kappa shape index (κ1) is 9.51. The topological polar surface area (TPSA) is 56.5 Å². The summed E-state index contributed by atoms with van der Waals surface area (Å²) in [5.41, 5.74) is -0.227. The van der Waals surface area contributed by atoms with Gasteiger partial charge in [0.2, 0.25) is 11.2 Å². The van der Waals surface area contributed by atoms with Gasteiger partial charge in [0.15, 0.2) is 0 Å². The van der Waals surface area contributed by atoms with E-state index in [1.54, 1.807) is 6.92 Å². The van der Waals surface area contributed by atoms with Crippen LogP contribution < -0.4 is 10.2 Å². The lowest BCUT2D eigenvalue weighted by Crippen LogP contribution is -2.09. The summed E-state index contributed by atoms with van der Waals surface area (Å²) >= 11 is 0. The van der Waals surface area contributed by atoms with Crippen LogP contribution in [0, 0.1) is 6.92 Å². The zero-order chi connectivity index (χ0) is 9.68. The van der Waals surface area contributed by atoms with E-state index in [4.69, 9.17) is 9.15 Å². The molecule has 0 aromatic carbocycles. The van der Waals surface area contributed by atoms with E-state index in [0.717, 1.165) is 6.29 Å². The molecule has 0 N–H and O–H groups in total. The van der Waals surface area contributed by atoms with Gasteiger partial charge in [0.1, 0.15) is 12.0 Å². The molecule has 1 aromatic heterocycles. The fraction of sp³-hybridized carbons (Fsp3) is 0.333. The predicted molar refractivity (Wildman–Crippen MR) is 45.9 cm³/mol. The van der Waals surface area contributed by atoms with Gasteiger partial charge in [-0.25, -0.2) is 0 Å². The average Bonchev–Trinajstić information content (AvgIpc) is 2.10. The lowest BCUT2D eigenvalue weighted by molar-refractivity contribution is -0.108. The standard InChI is InChI=1S/C9H10O4/c1-7-9(13-5-2-4-10)8(11)3-6-12-7/h3-4,6H,2,5H2,1H3. The zero-order valence-corrected chi connectivity index (χ0v) is 7.28. The van der Waals surface area contributed by atoms with Crippen molar-refractivity contribution in [3.8, 4) is 5.75 Å². The van der Waals surface area contributed by atoms with E-state index in [1.807, 2.05) is 0 Å². The average molecular weight is 182 g/mol. The van der Waals surface area contributed by atoms with Crippen LogP contribution in [0.5, 0.6) is 5.75 Å². The highest BCUT2D eigenvalue weighted by molar-refractivity contribution is 5.49. The lowest BCUT2D eigenvalue weighted by atomic mass is 10.4. The molecule has 1 rings (SSSR count). The molecule has 0 saturated carbocycles. The SMILES string of the molecule is Cc1occc(=O)c1OCCC=O. The Morgan fingerprint density at radius 1 is 1.62 bits per heavy atom. The first-order valence-corrected chi connectivity index (χ1v) is 3.90. The van der Waals surface area contributed by atoms with Crippen molar-refractivity contribution in [3.05, 3.63) is 28.3 Å². The van der Waals surface area contributed by atoms with Crippen LogP contribution in [0.2, 0.25) is 0 Å². The van der Waals surface area contributed by atoms with Crippen LogP contribution >= 0.6 is 0 Å². The smallest absolute Gasteiger partial charge is 0.226 e. The van der Waals surface area contributed by atoms with Crippen molar-refractivity contribution in [1.29, 1.82) is 0 Å². The monoisotopic (exact) mass is 182 g/mol. The molecule has 1 aromatic rings. The third-order valence-corrected chi connectivity index (χ3v) is 1.49. The third kappa shape index (κ3) is 2.43. The summed E-state index contributed by atoms with van der Waals surface area (Å²) in [5.74, 6) is 0.614. The van der Waals surface area contributed by atoms with Gasteiger partial charge in [-0.3, -0.25) is 4.79 Å². The number of carbonyl (C=O) groups is 1. The molecule has 13 heavy (non-hydrogen) atoms. The van der Waals surface area contributed by atoms with Gasteiger partial charge in [-0.15, -0.1) is 0 Å². The van der Waals surface area contributed by atoms with Crippen LogP contribution in [0.3, 0.4) is 0 Å². The minimum absolute atomic E-state index is 0.185. The molecule has 0 bridgehead atoms. The van der Waals surface area contributed by atoms with Crippen molar-refractivity contribution in [2.45, 2.75) is 13.3 Å². The van der Waals surface area contributed by atoms with E-state index < -0.39 is 0 Å². The fourth-order valence-corrected chi connectivity index (χ4v) is 0.882. The van der Waals surface area contributed by atoms with E-state index in [1.165, 1.54) is 12.3 Å². The molecule has 0 radical (unpaired) electrons. The van der Waals surface area contributed by atoms with Crippen molar-refractivity contribution >= 4 is 6.29 Å². The summed E-state index contributed by atoms with van der Waals surface area (Å²) < 4.78 is 10.0. The summed E-state index contributed by atoms with van der Waals surface area (Å²) in [4.78, 5) is 21.1. The number of rotatable bonds is 4. The van der Waals surface area contributed by atoms with Crippen LogP contribution in [0.1, 0.15) is 12.2 Å². The van der Waals surface area contributed by atoms with Crippen molar-refractivity contribution in [3.63, 3.8) is 0 Å². The van der Waals surface area contributed by atoms with E-state index >= 15 is 0 Å². The van der Waals surface area contributed by atoms with E-state index in [2.05, 4.69) is 0 Å². The molecule has 1 heterocycles. The fourth-order valence-electron chi connectivity index (χ4n) is 0.882. The Bertz CT molecular complexity index is 340. The Kier molecular flexibility index (Phi) is 3.25. The molecular weight excluding hydrogens is 172 g/mol. The molecule has 4 nitrogen and oxygen atoms in total. The van der Waals surface area contributed by atoms with Gasteiger partial charge >= 0.3 is 0 Å². The van der Waals surface area contributed by atoms with Crippen LogP contribution in [0.15, 0.2) is 21.5 Å². The highest BCUT2D eigenvalue weighted by atomic mass is 16.5. The molecule has 0 aliphatic carbocycles. The van der Waals surface area contributed by atoms with Gasteiger partial charge in [0.25, 0.3) is 0 Å². The summed E-state index contributed by atoms with van der Waals surface area (Å²) in [6, 6.07) is 1.28. The number of hydrogen-bond acceptors (Lipinski definition) is 4. The zero-order valence-electron chi connectivity index (χ0n) is 7.28. The van der Waals surface area contributed by atoms with Crippen molar-refractivity contribution in [1.82, 2.24) is 0 Å². The second kappa shape index (κ2) is 4.45. The lowest BCUT2D eigenvalue weighted by Gasteiger charge is -2.03. The summed E-state index contributed by atoms with van der Waals surface area (Å²) in [5, 5.41) is 0. The van der Waals surface area contributed by atoms with E-state index in [9.17, 15) is 9.59 Å². The largest absolute Gasteiger partial charge is 0.486 e. The van der Waals surface area contributed by atoms with Crippen LogP contribution in [0.25, 0.3) is 0 Å².